The number of nitrogen functional groups attached to an aromatic ring is 1. The Balaban J connectivity index is 2.81. The standard InChI is InChI=1S/C12H16FNO3/c1-4-16-12(15)8(3)17-11-5-7(2)10(14)6-9(11)13/h5-6,8H,4,14H2,1-3H3. The second-order valence-electron chi connectivity index (χ2n) is 3.65. The number of carbonyl (C=O) groups is 1. The molecule has 0 radical (unpaired) electrons. The van der Waals surface area contributed by atoms with Crippen molar-refractivity contribution in [2.45, 2.75) is 26.9 Å². The summed E-state index contributed by atoms with van der Waals surface area (Å²) in [6.07, 6.45) is -0.854. The summed E-state index contributed by atoms with van der Waals surface area (Å²) >= 11 is 0. The summed E-state index contributed by atoms with van der Waals surface area (Å²) < 4.78 is 23.4. The van der Waals surface area contributed by atoms with E-state index in [-0.39, 0.29) is 12.4 Å². The van der Waals surface area contributed by atoms with Crippen LogP contribution in [-0.2, 0) is 9.53 Å². The van der Waals surface area contributed by atoms with Crippen molar-refractivity contribution in [3.8, 4) is 5.75 Å². The molecule has 0 bridgehead atoms. The summed E-state index contributed by atoms with van der Waals surface area (Å²) in [7, 11) is 0. The molecule has 0 saturated carbocycles. The smallest absolute Gasteiger partial charge is 0.347 e. The number of hydrogen-bond donors (Lipinski definition) is 1. The Hall–Kier alpha value is -1.78. The van der Waals surface area contributed by atoms with Crippen molar-refractivity contribution >= 4 is 11.7 Å². The van der Waals surface area contributed by atoms with Crippen LogP contribution in [0.25, 0.3) is 0 Å². The number of ether oxygens (including phenoxy) is 2. The number of anilines is 1. The van der Waals surface area contributed by atoms with Gasteiger partial charge >= 0.3 is 5.97 Å². The SMILES string of the molecule is CCOC(=O)C(C)Oc1cc(C)c(N)cc1F. The second-order valence-corrected chi connectivity index (χ2v) is 3.65. The van der Waals surface area contributed by atoms with Crippen LogP contribution in [0.3, 0.4) is 0 Å². The fraction of sp³-hybridized carbons (Fsp3) is 0.417. The molecule has 94 valence electrons. The first-order chi connectivity index (χ1) is 7.95. The van der Waals surface area contributed by atoms with Crippen LogP contribution in [0.2, 0.25) is 0 Å². The normalized spacial score (nSPS) is 12.0. The highest BCUT2D eigenvalue weighted by Crippen LogP contribution is 2.24. The number of benzene rings is 1. The minimum Gasteiger partial charge on any atom is -0.476 e. The van der Waals surface area contributed by atoms with Crippen molar-refractivity contribution in [3.05, 3.63) is 23.5 Å². The Morgan fingerprint density at radius 2 is 2.18 bits per heavy atom. The van der Waals surface area contributed by atoms with Gasteiger partial charge in [0.05, 0.1) is 6.61 Å². The van der Waals surface area contributed by atoms with Gasteiger partial charge in [-0.05, 0) is 32.4 Å². The Labute approximate surface area is 99.5 Å². The predicted octanol–water partition coefficient (Wildman–Crippen LogP) is 2.05. The molecule has 17 heavy (non-hydrogen) atoms. The molecule has 0 amide bonds. The fourth-order valence-corrected chi connectivity index (χ4v) is 1.26. The van der Waals surface area contributed by atoms with Crippen molar-refractivity contribution in [1.29, 1.82) is 0 Å². The Morgan fingerprint density at radius 1 is 1.53 bits per heavy atom. The molecule has 1 unspecified atom stereocenters. The topological polar surface area (TPSA) is 61.5 Å². The van der Waals surface area contributed by atoms with Gasteiger partial charge in [-0.2, -0.15) is 0 Å². The van der Waals surface area contributed by atoms with Crippen LogP contribution < -0.4 is 10.5 Å². The number of hydrogen-bond acceptors (Lipinski definition) is 4. The molecule has 0 aromatic heterocycles. The zero-order valence-electron chi connectivity index (χ0n) is 10.1. The summed E-state index contributed by atoms with van der Waals surface area (Å²) in [5, 5.41) is 0. The van der Waals surface area contributed by atoms with Crippen molar-refractivity contribution < 1.29 is 18.7 Å². The van der Waals surface area contributed by atoms with Crippen LogP contribution >= 0.6 is 0 Å². The molecule has 0 aliphatic rings. The fourth-order valence-electron chi connectivity index (χ4n) is 1.26. The minimum absolute atomic E-state index is 0.00254. The summed E-state index contributed by atoms with van der Waals surface area (Å²) in [4.78, 5) is 11.3. The van der Waals surface area contributed by atoms with Crippen LogP contribution in [0.4, 0.5) is 10.1 Å². The Bertz CT molecular complexity index is 420. The maximum atomic E-state index is 13.5. The van der Waals surface area contributed by atoms with Crippen molar-refractivity contribution in [2.75, 3.05) is 12.3 Å². The van der Waals surface area contributed by atoms with E-state index < -0.39 is 17.9 Å². The van der Waals surface area contributed by atoms with E-state index in [2.05, 4.69) is 0 Å². The lowest BCUT2D eigenvalue weighted by molar-refractivity contribution is -0.150. The van der Waals surface area contributed by atoms with Gasteiger partial charge in [-0.3, -0.25) is 0 Å². The van der Waals surface area contributed by atoms with E-state index in [0.717, 1.165) is 0 Å². The number of aryl methyl sites for hydroxylation is 1. The molecule has 5 heteroatoms. The third kappa shape index (κ3) is 3.34. The van der Waals surface area contributed by atoms with E-state index in [1.807, 2.05) is 0 Å². The third-order valence-corrected chi connectivity index (χ3v) is 2.24. The molecule has 0 fully saturated rings. The first kappa shape index (κ1) is 13.3. The van der Waals surface area contributed by atoms with Gasteiger partial charge in [0.2, 0.25) is 0 Å². The molecule has 4 nitrogen and oxygen atoms in total. The first-order valence-corrected chi connectivity index (χ1v) is 5.34. The van der Waals surface area contributed by atoms with Crippen LogP contribution in [-0.4, -0.2) is 18.7 Å². The molecular weight excluding hydrogens is 225 g/mol. The van der Waals surface area contributed by atoms with Crippen LogP contribution in [0.1, 0.15) is 19.4 Å². The lowest BCUT2D eigenvalue weighted by Gasteiger charge is -2.14. The summed E-state index contributed by atoms with van der Waals surface area (Å²) in [5.74, 6) is -1.12. The summed E-state index contributed by atoms with van der Waals surface area (Å²) in [6.45, 7) is 5.19. The molecule has 0 saturated heterocycles. The van der Waals surface area contributed by atoms with E-state index in [4.69, 9.17) is 15.2 Å². The van der Waals surface area contributed by atoms with Crippen LogP contribution in [0.15, 0.2) is 12.1 Å². The molecule has 1 rings (SSSR count). The second kappa shape index (κ2) is 5.52. The maximum absolute atomic E-state index is 13.5. The van der Waals surface area contributed by atoms with Gasteiger partial charge in [-0.1, -0.05) is 0 Å². The number of rotatable bonds is 4. The molecule has 0 aliphatic carbocycles. The van der Waals surface area contributed by atoms with E-state index in [1.54, 1.807) is 13.8 Å². The predicted molar refractivity (Wildman–Crippen MR) is 62.3 cm³/mol. The quantitative estimate of drug-likeness (QED) is 0.647. The Morgan fingerprint density at radius 3 is 2.76 bits per heavy atom. The largest absolute Gasteiger partial charge is 0.476 e. The third-order valence-electron chi connectivity index (χ3n) is 2.24. The first-order valence-electron chi connectivity index (χ1n) is 5.34. The molecule has 2 N–H and O–H groups in total. The van der Waals surface area contributed by atoms with Gasteiger partial charge < -0.3 is 15.2 Å². The zero-order chi connectivity index (χ0) is 13.0. The minimum atomic E-state index is -0.854. The summed E-state index contributed by atoms with van der Waals surface area (Å²) in [5.41, 5.74) is 6.58. The lowest BCUT2D eigenvalue weighted by atomic mass is 10.2. The van der Waals surface area contributed by atoms with Gasteiger partial charge in [-0.15, -0.1) is 0 Å². The lowest BCUT2D eigenvalue weighted by Crippen LogP contribution is -2.26. The number of carbonyl (C=O) groups excluding carboxylic acids is 1. The average molecular weight is 241 g/mol. The van der Waals surface area contributed by atoms with Gasteiger partial charge in [0.15, 0.2) is 17.7 Å². The van der Waals surface area contributed by atoms with Crippen LogP contribution in [0, 0.1) is 12.7 Å². The Kier molecular flexibility index (Phi) is 4.31. The number of nitrogens with two attached hydrogens (primary N) is 1. The monoisotopic (exact) mass is 241 g/mol. The van der Waals surface area contributed by atoms with Gasteiger partial charge in [-0.25, -0.2) is 9.18 Å². The average Bonchev–Trinajstić information content (AvgIpc) is 2.26. The summed E-state index contributed by atoms with van der Waals surface area (Å²) in [6, 6.07) is 2.63. The van der Waals surface area contributed by atoms with E-state index in [1.165, 1.54) is 19.1 Å². The molecule has 1 aromatic rings. The van der Waals surface area contributed by atoms with E-state index >= 15 is 0 Å². The van der Waals surface area contributed by atoms with E-state index in [0.29, 0.717) is 11.3 Å². The van der Waals surface area contributed by atoms with E-state index in [9.17, 15) is 9.18 Å². The molecule has 0 spiro atoms. The highest BCUT2D eigenvalue weighted by molar-refractivity contribution is 5.74. The number of esters is 1. The van der Waals surface area contributed by atoms with Crippen LogP contribution in [0.5, 0.6) is 5.75 Å². The maximum Gasteiger partial charge on any atom is 0.347 e. The van der Waals surface area contributed by atoms with Gasteiger partial charge in [0.25, 0.3) is 0 Å². The number of halogens is 1. The molecular formula is C12H16FNO3. The molecule has 1 aromatic carbocycles. The van der Waals surface area contributed by atoms with Crippen molar-refractivity contribution in [3.63, 3.8) is 0 Å². The van der Waals surface area contributed by atoms with Crippen molar-refractivity contribution in [2.24, 2.45) is 0 Å². The molecule has 0 aliphatic heterocycles. The van der Waals surface area contributed by atoms with Crippen molar-refractivity contribution in [1.82, 2.24) is 0 Å². The van der Waals surface area contributed by atoms with Gasteiger partial charge in [0.1, 0.15) is 0 Å². The highest BCUT2D eigenvalue weighted by Gasteiger charge is 2.18. The van der Waals surface area contributed by atoms with Gasteiger partial charge in [0, 0.05) is 11.8 Å². The zero-order valence-corrected chi connectivity index (χ0v) is 10.1. The highest BCUT2D eigenvalue weighted by atomic mass is 19.1. The molecule has 0 heterocycles. The molecule has 1 atom stereocenters.